The minimum atomic E-state index is 0.627. The molecule has 0 saturated carbocycles. The fraction of sp³-hybridized carbons (Fsp3) is 0.500. The maximum Gasteiger partial charge on any atom is 0.0327 e. The second-order valence-corrected chi connectivity index (χ2v) is 3.77. The maximum absolute atomic E-state index is 4.17. The van der Waals surface area contributed by atoms with Gasteiger partial charge in [-0.15, -0.1) is 0 Å². The Morgan fingerprint density at radius 1 is 1.42 bits per heavy atom. The monoisotopic (exact) mass is 160 g/mol. The lowest BCUT2D eigenvalue weighted by Crippen LogP contribution is -2.31. The van der Waals surface area contributed by atoms with E-state index in [4.69, 9.17) is 0 Å². The molecule has 0 spiro atoms. The van der Waals surface area contributed by atoms with E-state index in [9.17, 15) is 0 Å². The Bertz CT molecular complexity index is 308. The summed E-state index contributed by atoms with van der Waals surface area (Å²) in [5, 5.41) is 3.62. The summed E-state index contributed by atoms with van der Waals surface area (Å²) in [6, 6.07) is 3.52. The van der Waals surface area contributed by atoms with Crippen LogP contribution in [0.1, 0.15) is 30.0 Å². The Balaban J connectivity index is 2.13. The van der Waals surface area contributed by atoms with Crippen LogP contribution in [0, 0.1) is 0 Å². The van der Waals surface area contributed by atoms with Crippen LogP contribution in [-0.4, -0.2) is 11.0 Å². The third kappa shape index (κ3) is 0.815. The summed E-state index contributed by atoms with van der Waals surface area (Å²) in [5.41, 5.74) is 2.95. The van der Waals surface area contributed by atoms with Crippen molar-refractivity contribution in [1.82, 2.24) is 10.3 Å². The quantitative estimate of drug-likeness (QED) is 0.621. The Hall–Kier alpha value is -0.890. The largest absolute Gasteiger partial charge is 0.307 e. The predicted octanol–water partition coefficient (Wildman–Crippen LogP) is 1.43. The van der Waals surface area contributed by atoms with Gasteiger partial charge in [0.25, 0.3) is 0 Å². The predicted molar refractivity (Wildman–Crippen MR) is 46.8 cm³/mol. The summed E-state index contributed by atoms with van der Waals surface area (Å²) in [5.74, 6) is 0. The molecule has 1 N–H and O–H groups in total. The van der Waals surface area contributed by atoms with Crippen LogP contribution in [0.2, 0.25) is 0 Å². The van der Waals surface area contributed by atoms with Gasteiger partial charge >= 0.3 is 0 Å². The van der Waals surface area contributed by atoms with E-state index in [0.29, 0.717) is 6.04 Å². The van der Waals surface area contributed by atoms with Crippen LogP contribution in [0.5, 0.6) is 0 Å². The van der Waals surface area contributed by atoms with Crippen molar-refractivity contribution >= 4 is 0 Å². The second-order valence-electron chi connectivity index (χ2n) is 3.77. The van der Waals surface area contributed by atoms with E-state index < -0.39 is 0 Å². The van der Waals surface area contributed by atoms with Gasteiger partial charge in [0.05, 0.1) is 0 Å². The summed E-state index contributed by atoms with van der Waals surface area (Å²) >= 11 is 0. The lowest BCUT2D eigenvalue weighted by Gasteiger charge is -2.23. The molecule has 0 radical (unpaired) electrons. The third-order valence-corrected chi connectivity index (χ3v) is 3.02. The summed E-state index contributed by atoms with van der Waals surface area (Å²) in [6.45, 7) is 0. The van der Waals surface area contributed by atoms with Crippen LogP contribution < -0.4 is 5.32 Å². The second kappa shape index (κ2) is 2.30. The SMILES string of the molecule is c1cc2c(cn1)C[C@@H]1CC[C@H]2N1. The molecule has 2 bridgehead atoms. The van der Waals surface area contributed by atoms with E-state index in [1.165, 1.54) is 30.4 Å². The first-order valence-electron chi connectivity index (χ1n) is 4.62. The topological polar surface area (TPSA) is 24.9 Å². The molecule has 2 aliphatic heterocycles. The number of pyridine rings is 1. The maximum atomic E-state index is 4.17. The number of fused-ring (bicyclic) bond motifs is 4. The van der Waals surface area contributed by atoms with E-state index in [0.717, 1.165) is 6.04 Å². The van der Waals surface area contributed by atoms with Crippen LogP contribution >= 0.6 is 0 Å². The number of hydrogen-bond acceptors (Lipinski definition) is 2. The van der Waals surface area contributed by atoms with E-state index in [2.05, 4.69) is 16.4 Å². The van der Waals surface area contributed by atoms with Gasteiger partial charge in [-0.25, -0.2) is 0 Å². The molecular weight excluding hydrogens is 148 g/mol. The van der Waals surface area contributed by atoms with Crippen molar-refractivity contribution in [2.75, 3.05) is 0 Å². The third-order valence-electron chi connectivity index (χ3n) is 3.02. The van der Waals surface area contributed by atoms with E-state index in [1.807, 2.05) is 12.4 Å². The van der Waals surface area contributed by atoms with Crippen molar-refractivity contribution in [3.8, 4) is 0 Å². The molecule has 62 valence electrons. The fourth-order valence-electron chi connectivity index (χ4n) is 2.44. The Morgan fingerprint density at radius 3 is 3.42 bits per heavy atom. The molecule has 3 heterocycles. The number of aromatic nitrogens is 1. The van der Waals surface area contributed by atoms with Gasteiger partial charge in [0.2, 0.25) is 0 Å². The van der Waals surface area contributed by atoms with Gasteiger partial charge in [-0.2, -0.15) is 0 Å². The van der Waals surface area contributed by atoms with Crippen molar-refractivity contribution < 1.29 is 0 Å². The molecule has 0 aromatic carbocycles. The normalized spacial score (nSPS) is 31.7. The van der Waals surface area contributed by atoms with Gasteiger partial charge in [0.1, 0.15) is 0 Å². The molecule has 2 atom stereocenters. The molecule has 1 aromatic rings. The number of hydrogen-bond donors (Lipinski definition) is 1. The molecule has 2 aliphatic rings. The first-order chi connectivity index (χ1) is 5.93. The Kier molecular flexibility index (Phi) is 1.27. The van der Waals surface area contributed by atoms with Gasteiger partial charge in [-0.05, 0) is 36.5 Å². The molecule has 0 amide bonds. The summed E-state index contributed by atoms with van der Waals surface area (Å²) in [6.07, 6.45) is 7.75. The molecule has 1 saturated heterocycles. The average Bonchev–Trinajstić information content (AvgIpc) is 2.49. The molecule has 1 fully saturated rings. The zero-order valence-electron chi connectivity index (χ0n) is 6.96. The van der Waals surface area contributed by atoms with Gasteiger partial charge in [-0.1, -0.05) is 0 Å². The molecule has 3 rings (SSSR count). The zero-order chi connectivity index (χ0) is 7.97. The zero-order valence-corrected chi connectivity index (χ0v) is 6.96. The molecule has 1 aromatic heterocycles. The van der Waals surface area contributed by atoms with Crippen molar-refractivity contribution in [3.63, 3.8) is 0 Å². The first-order valence-corrected chi connectivity index (χ1v) is 4.62. The molecule has 2 nitrogen and oxygen atoms in total. The van der Waals surface area contributed by atoms with E-state index in [1.54, 1.807) is 0 Å². The minimum Gasteiger partial charge on any atom is -0.307 e. The summed E-state index contributed by atoms with van der Waals surface area (Å²) < 4.78 is 0. The molecular formula is C10H12N2. The van der Waals surface area contributed by atoms with Crippen molar-refractivity contribution in [1.29, 1.82) is 0 Å². The molecule has 0 aliphatic carbocycles. The smallest absolute Gasteiger partial charge is 0.0327 e. The van der Waals surface area contributed by atoms with Crippen LogP contribution in [0.15, 0.2) is 18.5 Å². The van der Waals surface area contributed by atoms with Gasteiger partial charge in [0.15, 0.2) is 0 Å². The minimum absolute atomic E-state index is 0.627. The Labute approximate surface area is 72.0 Å². The van der Waals surface area contributed by atoms with Crippen molar-refractivity contribution in [3.05, 3.63) is 29.6 Å². The highest BCUT2D eigenvalue weighted by molar-refractivity contribution is 5.32. The van der Waals surface area contributed by atoms with Crippen LogP contribution in [-0.2, 0) is 6.42 Å². The van der Waals surface area contributed by atoms with Crippen LogP contribution in [0.25, 0.3) is 0 Å². The highest BCUT2D eigenvalue weighted by Gasteiger charge is 2.31. The van der Waals surface area contributed by atoms with Crippen molar-refractivity contribution in [2.24, 2.45) is 0 Å². The van der Waals surface area contributed by atoms with Gasteiger partial charge in [-0.3, -0.25) is 4.98 Å². The summed E-state index contributed by atoms with van der Waals surface area (Å²) in [4.78, 5) is 4.17. The van der Waals surface area contributed by atoms with E-state index >= 15 is 0 Å². The van der Waals surface area contributed by atoms with Crippen LogP contribution in [0.4, 0.5) is 0 Å². The standard InChI is InChI=1S/C10H12N2/c1-2-10-9-3-4-11-6-7(9)5-8(1)12-10/h3-4,6,8,10,12H,1-2,5H2/t8-,10+/m0/s1. The average molecular weight is 160 g/mol. The molecule has 0 unspecified atom stereocenters. The lowest BCUT2D eigenvalue weighted by atomic mass is 9.98. The first kappa shape index (κ1) is 6.61. The number of nitrogens with one attached hydrogen (secondary N) is 1. The van der Waals surface area contributed by atoms with Gasteiger partial charge < -0.3 is 5.32 Å². The highest BCUT2D eigenvalue weighted by Crippen LogP contribution is 2.34. The van der Waals surface area contributed by atoms with Crippen molar-refractivity contribution in [2.45, 2.75) is 31.3 Å². The molecule has 2 heteroatoms. The number of nitrogens with zero attached hydrogens (tertiary/aromatic N) is 1. The number of rotatable bonds is 0. The van der Waals surface area contributed by atoms with E-state index in [-0.39, 0.29) is 0 Å². The highest BCUT2D eigenvalue weighted by atomic mass is 15.0. The lowest BCUT2D eigenvalue weighted by molar-refractivity contribution is 0.513. The van der Waals surface area contributed by atoms with Gasteiger partial charge in [0, 0.05) is 24.5 Å². The Morgan fingerprint density at radius 2 is 2.42 bits per heavy atom. The van der Waals surface area contributed by atoms with Crippen LogP contribution in [0.3, 0.4) is 0 Å². The summed E-state index contributed by atoms with van der Waals surface area (Å²) in [7, 11) is 0. The fourth-order valence-corrected chi connectivity index (χ4v) is 2.44. The molecule has 12 heavy (non-hydrogen) atoms.